The van der Waals surface area contributed by atoms with Crippen LogP contribution < -0.4 is 0 Å². The van der Waals surface area contributed by atoms with Crippen LogP contribution in [0.15, 0.2) is 24.3 Å². The van der Waals surface area contributed by atoms with Crippen molar-refractivity contribution in [1.29, 1.82) is 0 Å². The highest BCUT2D eigenvalue weighted by atomic mass is 16.3. The minimum absolute atomic E-state index is 0.117. The number of phenolic OH excluding ortho intramolecular Hbond substituents is 1. The molecule has 0 amide bonds. The highest BCUT2D eigenvalue weighted by Crippen LogP contribution is 2.38. The quantitative estimate of drug-likeness (QED) is 0.769. The van der Waals surface area contributed by atoms with E-state index in [-0.39, 0.29) is 11.7 Å². The monoisotopic (exact) mass is 204 g/mol. The lowest BCUT2D eigenvalue weighted by atomic mass is 9.85. The van der Waals surface area contributed by atoms with Crippen LogP contribution in [0.1, 0.15) is 37.2 Å². The topological polar surface area (TPSA) is 37.3 Å². The molecule has 0 spiro atoms. The van der Waals surface area contributed by atoms with Gasteiger partial charge in [0.1, 0.15) is 12.0 Å². The molecule has 1 aromatic carbocycles. The van der Waals surface area contributed by atoms with Crippen molar-refractivity contribution in [3.05, 3.63) is 29.8 Å². The summed E-state index contributed by atoms with van der Waals surface area (Å²) in [4.78, 5) is 11.1. The molecule has 1 aliphatic carbocycles. The summed E-state index contributed by atoms with van der Waals surface area (Å²) >= 11 is 0. The van der Waals surface area contributed by atoms with Crippen LogP contribution in [0.25, 0.3) is 0 Å². The van der Waals surface area contributed by atoms with Gasteiger partial charge in [0.2, 0.25) is 0 Å². The smallest absolute Gasteiger partial charge is 0.127 e. The first kappa shape index (κ1) is 10.2. The first-order valence-electron chi connectivity index (χ1n) is 5.56. The molecule has 2 heteroatoms. The van der Waals surface area contributed by atoms with Crippen molar-refractivity contribution in [3.8, 4) is 5.75 Å². The van der Waals surface area contributed by atoms with E-state index in [9.17, 15) is 9.90 Å². The van der Waals surface area contributed by atoms with E-state index >= 15 is 0 Å². The van der Waals surface area contributed by atoms with Crippen molar-refractivity contribution >= 4 is 6.29 Å². The molecule has 2 rings (SSSR count). The van der Waals surface area contributed by atoms with Gasteiger partial charge in [0, 0.05) is 11.5 Å². The molecule has 0 saturated heterocycles. The highest BCUT2D eigenvalue weighted by molar-refractivity contribution is 5.64. The van der Waals surface area contributed by atoms with Crippen molar-refractivity contribution in [2.75, 3.05) is 0 Å². The van der Waals surface area contributed by atoms with Crippen molar-refractivity contribution in [2.45, 2.75) is 31.6 Å². The molecule has 1 N–H and O–H groups in total. The second-order valence-electron chi connectivity index (χ2n) is 4.27. The fourth-order valence-electron chi connectivity index (χ4n) is 2.52. The van der Waals surface area contributed by atoms with Gasteiger partial charge < -0.3 is 9.90 Å². The van der Waals surface area contributed by atoms with E-state index in [4.69, 9.17) is 0 Å². The number of benzene rings is 1. The normalized spacial score (nSPS) is 18.9. The minimum atomic E-state index is -0.117. The number of hydrogen-bond donors (Lipinski definition) is 1. The van der Waals surface area contributed by atoms with Gasteiger partial charge in [0.15, 0.2) is 0 Å². The molecule has 1 fully saturated rings. The summed E-state index contributed by atoms with van der Waals surface area (Å²) in [6, 6.07) is 7.17. The molecule has 0 radical (unpaired) electrons. The number of carbonyl (C=O) groups excluding carboxylic acids is 1. The summed E-state index contributed by atoms with van der Waals surface area (Å²) in [5.74, 6) is 0.561. The lowest BCUT2D eigenvalue weighted by Gasteiger charge is -2.18. The maximum atomic E-state index is 11.1. The first-order valence-corrected chi connectivity index (χ1v) is 5.56. The summed E-state index contributed by atoms with van der Waals surface area (Å²) in [7, 11) is 0. The number of carbonyl (C=O) groups is 1. The Morgan fingerprint density at radius 3 is 2.53 bits per heavy atom. The van der Waals surface area contributed by atoms with Crippen molar-refractivity contribution in [2.24, 2.45) is 5.92 Å². The van der Waals surface area contributed by atoms with Gasteiger partial charge in [-0.1, -0.05) is 31.0 Å². The van der Waals surface area contributed by atoms with Gasteiger partial charge in [-0.15, -0.1) is 0 Å². The Morgan fingerprint density at radius 2 is 1.93 bits per heavy atom. The number of phenols is 1. The molecule has 80 valence electrons. The van der Waals surface area contributed by atoms with Gasteiger partial charge in [-0.05, 0) is 24.8 Å². The van der Waals surface area contributed by atoms with E-state index < -0.39 is 0 Å². The van der Waals surface area contributed by atoms with E-state index in [2.05, 4.69) is 0 Å². The third kappa shape index (κ3) is 2.04. The van der Waals surface area contributed by atoms with Crippen LogP contribution in [0.5, 0.6) is 5.75 Å². The Bertz CT molecular complexity index is 340. The maximum absolute atomic E-state index is 11.1. The molecule has 1 aromatic rings. The fraction of sp³-hybridized carbons (Fsp3) is 0.462. The van der Waals surface area contributed by atoms with Crippen LogP contribution in [0, 0.1) is 5.92 Å². The number of para-hydroxylation sites is 1. The fourth-order valence-corrected chi connectivity index (χ4v) is 2.52. The standard InChI is InChI=1S/C13H16O2/c14-9-12(10-5-1-2-6-10)11-7-3-4-8-13(11)15/h3-4,7-10,12,15H,1-2,5-6H2. The maximum Gasteiger partial charge on any atom is 0.127 e. The largest absolute Gasteiger partial charge is 0.508 e. The number of hydrogen-bond acceptors (Lipinski definition) is 2. The average Bonchev–Trinajstić information content (AvgIpc) is 2.75. The zero-order valence-corrected chi connectivity index (χ0v) is 8.73. The van der Waals surface area contributed by atoms with Crippen molar-refractivity contribution < 1.29 is 9.90 Å². The third-order valence-corrected chi connectivity index (χ3v) is 3.35. The van der Waals surface area contributed by atoms with Crippen molar-refractivity contribution in [1.82, 2.24) is 0 Å². The van der Waals surface area contributed by atoms with Gasteiger partial charge in [-0.25, -0.2) is 0 Å². The van der Waals surface area contributed by atoms with Crippen LogP contribution in [-0.4, -0.2) is 11.4 Å². The lowest BCUT2D eigenvalue weighted by molar-refractivity contribution is -0.110. The Kier molecular flexibility index (Phi) is 3.05. The van der Waals surface area contributed by atoms with Gasteiger partial charge in [0.05, 0.1) is 0 Å². The molecule has 0 bridgehead atoms. The molecule has 2 nitrogen and oxygen atoms in total. The van der Waals surface area contributed by atoms with E-state index in [0.29, 0.717) is 5.92 Å². The van der Waals surface area contributed by atoms with Gasteiger partial charge in [0.25, 0.3) is 0 Å². The Balaban J connectivity index is 2.26. The number of rotatable bonds is 3. The SMILES string of the molecule is O=CC(c1ccccc1O)C1CCCC1. The molecule has 0 aliphatic heterocycles. The van der Waals surface area contributed by atoms with Gasteiger partial charge in [-0.3, -0.25) is 0 Å². The van der Waals surface area contributed by atoms with Crippen molar-refractivity contribution in [3.63, 3.8) is 0 Å². The second-order valence-corrected chi connectivity index (χ2v) is 4.27. The molecule has 0 heterocycles. The Labute approximate surface area is 89.9 Å². The second kappa shape index (κ2) is 4.47. The van der Waals surface area contributed by atoms with Crippen LogP contribution in [0.3, 0.4) is 0 Å². The number of aldehydes is 1. The summed E-state index contributed by atoms with van der Waals surface area (Å²) in [5.41, 5.74) is 0.791. The Hall–Kier alpha value is -1.31. The molecular weight excluding hydrogens is 188 g/mol. The summed E-state index contributed by atoms with van der Waals surface area (Å²) in [6.07, 6.45) is 5.63. The predicted octanol–water partition coefficient (Wildman–Crippen LogP) is 2.86. The molecule has 1 saturated carbocycles. The summed E-state index contributed by atoms with van der Waals surface area (Å²) < 4.78 is 0. The molecule has 0 aromatic heterocycles. The van der Waals surface area contributed by atoms with Crippen LogP contribution in [0.2, 0.25) is 0 Å². The summed E-state index contributed by atoms with van der Waals surface area (Å²) in [5, 5.41) is 9.71. The van der Waals surface area contributed by atoms with E-state index in [1.807, 2.05) is 12.1 Å². The van der Waals surface area contributed by atoms with Crippen LogP contribution in [-0.2, 0) is 4.79 Å². The molecule has 1 aliphatic rings. The van der Waals surface area contributed by atoms with E-state index in [1.54, 1.807) is 12.1 Å². The van der Waals surface area contributed by atoms with E-state index in [1.165, 1.54) is 12.8 Å². The Morgan fingerprint density at radius 1 is 1.27 bits per heavy atom. The average molecular weight is 204 g/mol. The lowest BCUT2D eigenvalue weighted by Crippen LogP contribution is -2.11. The summed E-state index contributed by atoms with van der Waals surface area (Å²) in [6.45, 7) is 0. The highest BCUT2D eigenvalue weighted by Gasteiger charge is 2.27. The first-order chi connectivity index (χ1) is 7.33. The van der Waals surface area contributed by atoms with E-state index in [0.717, 1.165) is 24.7 Å². The van der Waals surface area contributed by atoms with Gasteiger partial charge >= 0.3 is 0 Å². The zero-order valence-electron chi connectivity index (χ0n) is 8.73. The molecule has 1 unspecified atom stereocenters. The molecule has 15 heavy (non-hydrogen) atoms. The van der Waals surface area contributed by atoms with Crippen LogP contribution >= 0.6 is 0 Å². The minimum Gasteiger partial charge on any atom is -0.508 e. The third-order valence-electron chi connectivity index (χ3n) is 3.35. The van der Waals surface area contributed by atoms with Gasteiger partial charge in [-0.2, -0.15) is 0 Å². The molecule has 1 atom stereocenters. The zero-order chi connectivity index (χ0) is 10.7. The van der Waals surface area contributed by atoms with Crippen LogP contribution in [0.4, 0.5) is 0 Å². The number of aromatic hydroxyl groups is 1. The molecular formula is C13H16O2. The predicted molar refractivity (Wildman–Crippen MR) is 58.9 cm³/mol.